The number of aliphatic hydroxyl groups excluding tert-OH is 2. The molecule has 2 rings (SSSR count). The third-order valence-corrected chi connectivity index (χ3v) is 6.34. The zero-order valence-corrected chi connectivity index (χ0v) is 16.6. The van der Waals surface area contributed by atoms with E-state index in [9.17, 15) is 19.6 Å². The number of carbonyl (C=O) groups is 1. The van der Waals surface area contributed by atoms with Crippen LogP contribution in [0, 0.1) is 0 Å². The minimum Gasteiger partial charge on any atom is -0.485 e. The van der Waals surface area contributed by atoms with Gasteiger partial charge in [0.2, 0.25) is 0 Å². The molecule has 2 N–H and O–H groups in total. The molecule has 9 nitrogen and oxygen atoms in total. The van der Waals surface area contributed by atoms with Gasteiger partial charge in [-0.15, -0.1) is 0 Å². The molecule has 27 heavy (non-hydrogen) atoms. The quantitative estimate of drug-likeness (QED) is 0.462. The molecule has 0 aliphatic carbocycles. The summed E-state index contributed by atoms with van der Waals surface area (Å²) in [6.45, 7) is -0.578. The molecule has 0 saturated heterocycles. The Morgan fingerprint density at radius 2 is 1.78 bits per heavy atom. The molecule has 0 bridgehead atoms. The lowest BCUT2D eigenvalue weighted by molar-refractivity contribution is -0.147. The van der Waals surface area contributed by atoms with E-state index >= 15 is 0 Å². The minimum atomic E-state index is -3.56. The van der Waals surface area contributed by atoms with Gasteiger partial charge < -0.3 is 24.2 Å². The molecule has 10 heteroatoms. The van der Waals surface area contributed by atoms with Gasteiger partial charge in [0.05, 0.1) is 6.61 Å². The molecule has 1 aromatic rings. The molecule has 2 atom stereocenters. The largest absolute Gasteiger partial charge is 0.485 e. The molecular formula is C17H25N2O7P. The SMILES string of the molecule is CN(C)P(=O)(OC1=C(OCc2ccccc2)C(C(O)CO)OC1=O)N(C)C. The summed E-state index contributed by atoms with van der Waals surface area (Å²) in [6.07, 6.45) is -2.65. The number of aliphatic hydroxyl groups is 2. The highest BCUT2D eigenvalue weighted by Gasteiger charge is 2.46. The molecule has 1 aromatic carbocycles. The van der Waals surface area contributed by atoms with Crippen molar-refractivity contribution in [2.24, 2.45) is 0 Å². The summed E-state index contributed by atoms with van der Waals surface area (Å²) in [5.41, 5.74) is 0.810. The van der Waals surface area contributed by atoms with E-state index in [4.69, 9.17) is 14.0 Å². The first-order valence-corrected chi connectivity index (χ1v) is 9.79. The highest BCUT2D eigenvalue weighted by Crippen LogP contribution is 2.53. The first-order valence-electron chi connectivity index (χ1n) is 8.26. The van der Waals surface area contributed by atoms with E-state index < -0.39 is 32.5 Å². The normalized spacial score (nSPS) is 18.8. The zero-order valence-electron chi connectivity index (χ0n) is 15.7. The standard InChI is InChI=1S/C17H25N2O7P/c1-18(2)27(23,19(3)4)26-16-15(14(13(21)10-20)25-17(16)22)24-11-12-8-6-5-7-9-12/h5-9,13-14,20-21H,10-11H2,1-4H3. The van der Waals surface area contributed by atoms with Gasteiger partial charge >= 0.3 is 13.6 Å². The van der Waals surface area contributed by atoms with Crippen LogP contribution in [-0.2, 0) is 30.0 Å². The Hall–Kier alpha value is -1.90. The van der Waals surface area contributed by atoms with Gasteiger partial charge in [-0.3, -0.25) is 0 Å². The van der Waals surface area contributed by atoms with Crippen molar-refractivity contribution in [1.29, 1.82) is 0 Å². The number of hydrogen-bond acceptors (Lipinski definition) is 7. The number of cyclic esters (lactones) is 1. The van der Waals surface area contributed by atoms with Crippen LogP contribution in [0.1, 0.15) is 5.56 Å². The van der Waals surface area contributed by atoms with Gasteiger partial charge in [-0.2, -0.15) is 0 Å². The van der Waals surface area contributed by atoms with Crippen molar-refractivity contribution in [3.05, 3.63) is 47.4 Å². The summed E-state index contributed by atoms with van der Waals surface area (Å²) in [6, 6.07) is 9.14. The summed E-state index contributed by atoms with van der Waals surface area (Å²) < 4.78 is 32.1. The van der Waals surface area contributed by atoms with Crippen LogP contribution in [0.15, 0.2) is 41.9 Å². The Morgan fingerprint density at radius 3 is 2.30 bits per heavy atom. The van der Waals surface area contributed by atoms with E-state index in [-0.39, 0.29) is 18.1 Å². The first kappa shape index (κ1) is 21.4. The number of rotatable bonds is 9. The van der Waals surface area contributed by atoms with Gasteiger partial charge in [-0.05, 0) is 33.8 Å². The number of benzene rings is 1. The van der Waals surface area contributed by atoms with Crippen molar-refractivity contribution in [1.82, 2.24) is 9.34 Å². The van der Waals surface area contributed by atoms with E-state index in [0.29, 0.717) is 0 Å². The van der Waals surface area contributed by atoms with Crippen LogP contribution in [0.5, 0.6) is 0 Å². The monoisotopic (exact) mass is 400 g/mol. The molecule has 0 aromatic heterocycles. The lowest BCUT2D eigenvalue weighted by Gasteiger charge is -2.29. The van der Waals surface area contributed by atoms with E-state index in [1.807, 2.05) is 30.3 Å². The Balaban J connectivity index is 2.38. The lowest BCUT2D eigenvalue weighted by Crippen LogP contribution is -2.32. The molecule has 0 amide bonds. The molecule has 2 unspecified atom stereocenters. The fourth-order valence-corrected chi connectivity index (χ4v) is 3.85. The Bertz CT molecular complexity index is 724. The highest BCUT2D eigenvalue weighted by atomic mass is 31.2. The molecule has 1 aliphatic heterocycles. The van der Waals surface area contributed by atoms with Crippen LogP contribution < -0.4 is 0 Å². The maximum absolute atomic E-state index is 13.1. The smallest absolute Gasteiger partial charge is 0.395 e. The van der Waals surface area contributed by atoms with Crippen molar-refractivity contribution in [2.45, 2.75) is 18.8 Å². The minimum absolute atomic E-state index is 0.0720. The summed E-state index contributed by atoms with van der Waals surface area (Å²) in [5.74, 6) is -1.40. The molecule has 0 fully saturated rings. The number of hydrogen-bond donors (Lipinski definition) is 2. The van der Waals surface area contributed by atoms with Crippen LogP contribution in [-0.4, -0.2) is 72.5 Å². The van der Waals surface area contributed by atoms with Crippen LogP contribution in [0.3, 0.4) is 0 Å². The maximum Gasteiger partial charge on any atom is 0.395 e. The maximum atomic E-state index is 13.1. The fraction of sp³-hybridized carbons (Fsp3) is 0.471. The third kappa shape index (κ3) is 4.69. The molecule has 0 radical (unpaired) electrons. The van der Waals surface area contributed by atoms with Crippen LogP contribution in [0.2, 0.25) is 0 Å². The average Bonchev–Trinajstić information content (AvgIpc) is 2.95. The van der Waals surface area contributed by atoms with Gasteiger partial charge in [0.15, 0.2) is 11.9 Å². The number of nitrogens with zero attached hydrogens (tertiary/aromatic N) is 2. The average molecular weight is 400 g/mol. The van der Waals surface area contributed by atoms with Crippen molar-refractivity contribution >= 4 is 13.6 Å². The van der Waals surface area contributed by atoms with Crippen LogP contribution in [0.25, 0.3) is 0 Å². The van der Waals surface area contributed by atoms with Crippen LogP contribution >= 0.6 is 7.67 Å². The second-order valence-corrected chi connectivity index (χ2v) is 9.08. The van der Waals surface area contributed by atoms with Crippen molar-refractivity contribution in [3.8, 4) is 0 Å². The predicted octanol–water partition coefficient (Wildman–Crippen LogP) is 0.941. The number of carbonyl (C=O) groups excluding carboxylic acids is 1. The van der Waals surface area contributed by atoms with Crippen LogP contribution in [0.4, 0.5) is 0 Å². The van der Waals surface area contributed by atoms with Gasteiger partial charge in [0.25, 0.3) is 5.76 Å². The Kier molecular flexibility index (Phi) is 7.02. The Labute approximate surface area is 158 Å². The van der Waals surface area contributed by atoms with E-state index in [2.05, 4.69) is 0 Å². The zero-order chi connectivity index (χ0) is 20.2. The fourth-order valence-electron chi connectivity index (χ4n) is 2.41. The summed E-state index contributed by atoms with van der Waals surface area (Å²) in [4.78, 5) is 12.3. The Morgan fingerprint density at radius 1 is 1.19 bits per heavy atom. The van der Waals surface area contributed by atoms with Crippen molar-refractivity contribution in [2.75, 3.05) is 34.8 Å². The van der Waals surface area contributed by atoms with Gasteiger partial charge in [0, 0.05) is 0 Å². The van der Waals surface area contributed by atoms with Gasteiger partial charge in [-0.1, -0.05) is 30.3 Å². The molecule has 0 saturated carbocycles. The third-order valence-electron chi connectivity index (χ3n) is 3.90. The molecule has 1 aliphatic rings. The second-order valence-electron chi connectivity index (χ2n) is 6.32. The molecular weight excluding hydrogens is 375 g/mol. The summed E-state index contributed by atoms with van der Waals surface area (Å²) in [7, 11) is 2.63. The number of esters is 1. The molecule has 0 spiro atoms. The summed E-state index contributed by atoms with van der Waals surface area (Å²) in [5, 5.41) is 19.2. The van der Waals surface area contributed by atoms with Gasteiger partial charge in [-0.25, -0.2) is 18.7 Å². The van der Waals surface area contributed by atoms with E-state index in [0.717, 1.165) is 5.56 Å². The highest BCUT2D eigenvalue weighted by molar-refractivity contribution is 7.54. The van der Waals surface area contributed by atoms with Crippen molar-refractivity contribution in [3.63, 3.8) is 0 Å². The molecule has 150 valence electrons. The second kappa shape index (κ2) is 8.86. The van der Waals surface area contributed by atoms with Gasteiger partial charge in [0.1, 0.15) is 12.7 Å². The van der Waals surface area contributed by atoms with Crippen molar-refractivity contribution < 1.29 is 33.6 Å². The first-order chi connectivity index (χ1) is 12.7. The van der Waals surface area contributed by atoms with E-state index in [1.54, 1.807) is 28.2 Å². The number of ether oxygens (including phenoxy) is 2. The molecule has 1 heterocycles. The van der Waals surface area contributed by atoms with E-state index in [1.165, 1.54) is 9.34 Å². The topological polar surface area (TPSA) is 109 Å². The summed E-state index contributed by atoms with van der Waals surface area (Å²) >= 11 is 0. The predicted molar refractivity (Wildman–Crippen MR) is 97.3 cm³/mol. The lowest BCUT2D eigenvalue weighted by atomic mass is 10.2.